The molecule has 17 heavy (non-hydrogen) atoms. The van der Waals surface area contributed by atoms with Crippen LogP contribution < -0.4 is 5.32 Å². The summed E-state index contributed by atoms with van der Waals surface area (Å²) in [6, 6.07) is 10.2. The van der Waals surface area contributed by atoms with Crippen LogP contribution in [0.25, 0.3) is 0 Å². The number of nitrogens with one attached hydrogen (secondary N) is 1. The largest absolute Gasteiger partial charge is 0.394 e. The summed E-state index contributed by atoms with van der Waals surface area (Å²) in [6.45, 7) is 4.25. The minimum Gasteiger partial charge on any atom is -0.394 e. The zero-order valence-corrected chi connectivity index (χ0v) is 10.9. The van der Waals surface area contributed by atoms with Crippen LogP contribution in [0.2, 0.25) is 0 Å². The standard InChI is InChI=1S/C14H17NOS/c1-10-5-3-4-6-12(10)15-13(9-16)14-11(2)7-8-17-14/h3-8,13,15-16H,9H2,1-2H3. The van der Waals surface area contributed by atoms with Gasteiger partial charge in [-0.25, -0.2) is 0 Å². The molecule has 90 valence electrons. The third-order valence-corrected chi connectivity index (χ3v) is 4.01. The molecule has 1 atom stereocenters. The van der Waals surface area contributed by atoms with E-state index in [4.69, 9.17) is 0 Å². The molecule has 1 aromatic heterocycles. The van der Waals surface area contributed by atoms with Crippen LogP contribution in [-0.2, 0) is 0 Å². The third-order valence-electron chi connectivity index (χ3n) is 2.88. The Labute approximate surface area is 106 Å². The number of aliphatic hydroxyl groups is 1. The number of aliphatic hydroxyl groups excluding tert-OH is 1. The zero-order valence-electron chi connectivity index (χ0n) is 10.1. The Morgan fingerprint density at radius 3 is 2.53 bits per heavy atom. The average Bonchev–Trinajstić information content (AvgIpc) is 2.75. The van der Waals surface area contributed by atoms with Crippen molar-refractivity contribution in [1.29, 1.82) is 0 Å². The van der Waals surface area contributed by atoms with E-state index in [2.05, 4.69) is 36.7 Å². The van der Waals surface area contributed by atoms with E-state index in [1.807, 2.05) is 18.2 Å². The molecule has 1 heterocycles. The number of aryl methyl sites for hydroxylation is 2. The fourth-order valence-corrected chi connectivity index (χ4v) is 2.83. The molecule has 2 rings (SSSR count). The molecule has 0 aliphatic rings. The first kappa shape index (κ1) is 12.1. The van der Waals surface area contributed by atoms with Gasteiger partial charge in [-0.05, 0) is 42.5 Å². The maximum Gasteiger partial charge on any atom is 0.0840 e. The van der Waals surface area contributed by atoms with Crippen molar-refractivity contribution >= 4 is 17.0 Å². The second-order valence-corrected chi connectivity index (χ2v) is 5.11. The van der Waals surface area contributed by atoms with Crippen molar-refractivity contribution in [3.63, 3.8) is 0 Å². The van der Waals surface area contributed by atoms with Crippen LogP contribution in [0.5, 0.6) is 0 Å². The first-order chi connectivity index (χ1) is 8.22. The first-order valence-corrected chi connectivity index (χ1v) is 6.57. The molecule has 0 saturated carbocycles. The molecule has 0 fully saturated rings. The van der Waals surface area contributed by atoms with Gasteiger partial charge in [0.05, 0.1) is 12.6 Å². The quantitative estimate of drug-likeness (QED) is 0.866. The van der Waals surface area contributed by atoms with E-state index in [1.54, 1.807) is 11.3 Å². The lowest BCUT2D eigenvalue weighted by Crippen LogP contribution is -2.15. The highest BCUT2D eigenvalue weighted by Gasteiger charge is 2.14. The molecule has 2 aromatic rings. The van der Waals surface area contributed by atoms with Crippen LogP contribution in [-0.4, -0.2) is 11.7 Å². The molecule has 0 bridgehead atoms. The van der Waals surface area contributed by atoms with Crippen molar-refractivity contribution in [2.24, 2.45) is 0 Å². The smallest absolute Gasteiger partial charge is 0.0840 e. The van der Waals surface area contributed by atoms with Gasteiger partial charge in [0.2, 0.25) is 0 Å². The Morgan fingerprint density at radius 2 is 1.94 bits per heavy atom. The maximum atomic E-state index is 9.52. The van der Waals surface area contributed by atoms with Crippen molar-refractivity contribution in [3.05, 3.63) is 51.7 Å². The third kappa shape index (κ3) is 2.68. The van der Waals surface area contributed by atoms with Crippen LogP contribution in [0.15, 0.2) is 35.7 Å². The molecule has 0 aliphatic carbocycles. The van der Waals surface area contributed by atoms with Gasteiger partial charge >= 0.3 is 0 Å². The summed E-state index contributed by atoms with van der Waals surface area (Å²) in [5.41, 5.74) is 3.51. The highest BCUT2D eigenvalue weighted by Crippen LogP contribution is 2.27. The van der Waals surface area contributed by atoms with Gasteiger partial charge in [0, 0.05) is 10.6 Å². The van der Waals surface area contributed by atoms with Gasteiger partial charge < -0.3 is 10.4 Å². The Bertz CT molecular complexity index is 492. The van der Waals surface area contributed by atoms with Gasteiger partial charge in [0.15, 0.2) is 0 Å². The van der Waals surface area contributed by atoms with Gasteiger partial charge in [-0.2, -0.15) is 0 Å². The van der Waals surface area contributed by atoms with E-state index < -0.39 is 0 Å². The molecule has 3 heteroatoms. The van der Waals surface area contributed by atoms with Crippen molar-refractivity contribution in [1.82, 2.24) is 0 Å². The number of rotatable bonds is 4. The number of benzene rings is 1. The van der Waals surface area contributed by atoms with Crippen molar-refractivity contribution < 1.29 is 5.11 Å². The monoisotopic (exact) mass is 247 g/mol. The number of para-hydroxylation sites is 1. The van der Waals surface area contributed by atoms with Gasteiger partial charge in [-0.15, -0.1) is 11.3 Å². The van der Waals surface area contributed by atoms with Gasteiger partial charge in [0.1, 0.15) is 0 Å². The molecule has 0 aliphatic heterocycles. The number of thiophene rings is 1. The van der Waals surface area contributed by atoms with Crippen LogP contribution >= 0.6 is 11.3 Å². The lowest BCUT2D eigenvalue weighted by molar-refractivity contribution is 0.277. The van der Waals surface area contributed by atoms with Crippen LogP contribution in [0.4, 0.5) is 5.69 Å². The average molecular weight is 247 g/mol. The van der Waals surface area contributed by atoms with E-state index in [0.29, 0.717) is 0 Å². The molecule has 0 amide bonds. The Hall–Kier alpha value is -1.32. The van der Waals surface area contributed by atoms with Crippen LogP contribution in [0, 0.1) is 13.8 Å². The van der Waals surface area contributed by atoms with Crippen molar-refractivity contribution in [2.75, 3.05) is 11.9 Å². The van der Waals surface area contributed by atoms with E-state index >= 15 is 0 Å². The molecular weight excluding hydrogens is 230 g/mol. The second-order valence-electron chi connectivity index (χ2n) is 4.16. The van der Waals surface area contributed by atoms with Crippen LogP contribution in [0.1, 0.15) is 22.0 Å². The summed E-state index contributed by atoms with van der Waals surface area (Å²) < 4.78 is 0. The fourth-order valence-electron chi connectivity index (χ4n) is 1.86. The summed E-state index contributed by atoms with van der Waals surface area (Å²) in [4.78, 5) is 1.20. The number of anilines is 1. The highest BCUT2D eigenvalue weighted by molar-refractivity contribution is 7.10. The molecule has 2 nitrogen and oxygen atoms in total. The molecular formula is C14H17NOS. The lowest BCUT2D eigenvalue weighted by atomic mass is 10.1. The van der Waals surface area contributed by atoms with Gasteiger partial charge in [0.25, 0.3) is 0 Å². The Morgan fingerprint density at radius 1 is 1.18 bits per heavy atom. The summed E-state index contributed by atoms with van der Waals surface area (Å²) >= 11 is 1.68. The summed E-state index contributed by atoms with van der Waals surface area (Å²) in [5.74, 6) is 0. The molecule has 1 aromatic carbocycles. The summed E-state index contributed by atoms with van der Waals surface area (Å²) in [7, 11) is 0. The topological polar surface area (TPSA) is 32.3 Å². The molecule has 0 spiro atoms. The van der Waals surface area contributed by atoms with Crippen molar-refractivity contribution in [3.8, 4) is 0 Å². The lowest BCUT2D eigenvalue weighted by Gasteiger charge is -2.18. The Balaban J connectivity index is 2.22. The fraction of sp³-hybridized carbons (Fsp3) is 0.286. The molecule has 0 radical (unpaired) electrons. The SMILES string of the molecule is Cc1ccccc1NC(CO)c1sccc1C. The first-order valence-electron chi connectivity index (χ1n) is 5.69. The molecule has 1 unspecified atom stereocenters. The van der Waals surface area contributed by atoms with E-state index in [9.17, 15) is 5.11 Å². The van der Waals surface area contributed by atoms with Gasteiger partial charge in [-0.3, -0.25) is 0 Å². The minimum absolute atomic E-state index is 0.0175. The molecule has 2 N–H and O–H groups in total. The molecule has 0 saturated heterocycles. The Kier molecular flexibility index (Phi) is 3.82. The van der Waals surface area contributed by atoms with E-state index in [-0.39, 0.29) is 12.6 Å². The normalized spacial score (nSPS) is 12.4. The predicted molar refractivity (Wildman–Crippen MR) is 73.7 cm³/mol. The predicted octanol–water partition coefficient (Wildman–Crippen LogP) is 3.51. The second kappa shape index (κ2) is 5.34. The maximum absolute atomic E-state index is 9.52. The van der Waals surface area contributed by atoms with Crippen LogP contribution in [0.3, 0.4) is 0 Å². The summed E-state index contributed by atoms with van der Waals surface area (Å²) in [5, 5.41) is 15.0. The minimum atomic E-state index is -0.0175. The highest BCUT2D eigenvalue weighted by atomic mass is 32.1. The number of hydrogen-bond acceptors (Lipinski definition) is 3. The van der Waals surface area contributed by atoms with Gasteiger partial charge in [-0.1, -0.05) is 18.2 Å². The van der Waals surface area contributed by atoms with E-state index in [1.165, 1.54) is 16.0 Å². The van der Waals surface area contributed by atoms with E-state index in [0.717, 1.165) is 5.69 Å². The zero-order chi connectivity index (χ0) is 12.3. The van der Waals surface area contributed by atoms with Crippen molar-refractivity contribution in [2.45, 2.75) is 19.9 Å². The summed E-state index contributed by atoms with van der Waals surface area (Å²) in [6.07, 6.45) is 0. The number of hydrogen-bond donors (Lipinski definition) is 2.